The highest BCUT2D eigenvalue weighted by Crippen LogP contribution is 2.52. The Hall–Kier alpha value is 0.360. The van der Waals surface area contributed by atoms with Crippen molar-refractivity contribution in [2.75, 3.05) is 0 Å². The van der Waals surface area contributed by atoms with Gasteiger partial charge in [0.15, 0.2) is 0 Å². The second kappa shape index (κ2) is 8.85. The van der Waals surface area contributed by atoms with E-state index in [9.17, 15) is 28.5 Å². The van der Waals surface area contributed by atoms with E-state index >= 15 is 0 Å². The lowest BCUT2D eigenvalue weighted by Gasteiger charge is -2.45. The summed E-state index contributed by atoms with van der Waals surface area (Å²) in [5.41, 5.74) is 0. The van der Waals surface area contributed by atoms with E-state index in [1.54, 1.807) is 0 Å². The third-order valence-corrected chi connectivity index (χ3v) is 5.10. The Balaban J connectivity index is 3.50. The van der Waals surface area contributed by atoms with Crippen molar-refractivity contribution in [2.45, 2.75) is 36.6 Å². The van der Waals surface area contributed by atoms with Gasteiger partial charge in [0, 0.05) is 0 Å². The molecule has 0 aromatic carbocycles. The van der Waals surface area contributed by atoms with Gasteiger partial charge in [-0.25, -0.2) is 18.3 Å². The maximum atomic E-state index is 11.1. The highest BCUT2D eigenvalue weighted by molar-refractivity contribution is 7.47. The molecule has 0 bridgehead atoms. The summed E-state index contributed by atoms with van der Waals surface area (Å²) >= 11 is 0. The van der Waals surface area contributed by atoms with Crippen molar-refractivity contribution < 1.29 is 85.7 Å². The Bertz CT molecular complexity index is 688. The zero-order chi connectivity index (χ0) is 22.3. The zero-order valence-electron chi connectivity index (χ0n) is 13.0. The topological polar surface area (TPSA) is 308 Å². The smallest absolute Gasteiger partial charge is 0.387 e. The molecule has 0 heterocycles. The van der Waals surface area contributed by atoms with E-state index in [4.69, 9.17) is 39.1 Å². The molecule has 0 saturated heterocycles. The van der Waals surface area contributed by atoms with Gasteiger partial charge in [-0.1, -0.05) is 0 Å². The summed E-state index contributed by atoms with van der Waals surface area (Å²) in [5.74, 6) is 0. The molecule has 1 aliphatic carbocycles. The van der Waals surface area contributed by atoms with E-state index in [1.165, 1.54) is 0 Å². The van der Waals surface area contributed by atoms with Gasteiger partial charge >= 0.3 is 31.3 Å². The molecule has 0 amide bonds. The van der Waals surface area contributed by atoms with Crippen LogP contribution in [0.4, 0.5) is 0 Å². The lowest BCUT2D eigenvalue weighted by atomic mass is 9.85. The van der Waals surface area contributed by atoms with Gasteiger partial charge in [-0.15, -0.1) is 0 Å². The van der Waals surface area contributed by atoms with Crippen LogP contribution in [0.25, 0.3) is 0 Å². The second-order valence-corrected chi connectivity index (χ2v) is 9.99. The minimum atomic E-state index is -5.64. The van der Waals surface area contributed by atoms with Crippen molar-refractivity contribution in [1.82, 2.24) is 0 Å². The summed E-state index contributed by atoms with van der Waals surface area (Å²) in [6.07, 6.45) is -15.9. The summed E-state index contributed by atoms with van der Waals surface area (Å²) in [6, 6.07) is 0. The van der Waals surface area contributed by atoms with Gasteiger partial charge in [0.2, 0.25) is 0 Å². The number of rotatable bonds is 8. The molecular weight excluding hydrogens is 484 g/mol. The molecule has 0 aliphatic heterocycles. The molecule has 22 heteroatoms. The lowest BCUT2D eigenvalue weighted by Crippen LogP contribution is -2.65. The molecule has 6 atom stereocenters. The van der Waals surface area contributed by atoms with E-state index in [0.717, 1.165) is 0 Å². The molecule has 10 N–H and O–H groups in total. The first kappa shape index (κ1) is 26.4. The molecule has 18 nitrogen and oxygen atoms in total. The van der Waals surface area contributed by atoms with E-state index in [-0.39, 0.29) is 0 Å². The monoisotopic (exact) mass is 500 g/mol. The van der Waals surface area contributed by atoms with Crippen LogP contribution in [0.15, 0.2) is 0 Å². The van der Waals surface area contributed by atoms with Crippen LogP contribution in [-0.2, 0) is 36.4 Å². The van der Waals surface area contributed by atoms with Gasteiger partial charge in [0.25, 0.3) is 0 Å². The van der Waals surface area contributed by atoms with Crippen molar-refractivity contribution >= 4 is 31.3 Å². The molecule has 1 aliphatic rings. The summed E-state index contributed by atoms with van der Waals surface area (Å²) in [4.78, 5) is 71.0. The van der Waals surface area contributed by atoms with Crippen molar-refractivity contribution in [2.24, 2.45) is 0 Å². The van der Waals surface area contributed by atoms with Gasteiger partial charge in [0.05, 0.1) is 0 Å². The Morgan fingerprint density at radius 2 is 0.643 bits per heavy atom. The number of aliphatic hydroxyl groups is 2. The quantitative estimate of drug-likeness (QED) is 0.145. The zero-order valence-corrected chi connectivity index (χ0v) is 16.6. The van der Waals surface area contributed by atoms with Crippen molar-refractivity contribution in [3.63, 3.8) is 0 Å². The van der Waals surface area contributed by atoms with Crippen LogP contribution >= 0.6 is 31.3 Å². The van der Waals surface area contributed by atoms with Crippen molar-refractivity contribution in [3.8, 4) is 0 Å². The maximum absolute atomic E-state index is 11.1. The lowest BCUT2D eigenvalue weighted by molar-refractivity contribution is -0.208. The standard InChI is InChI=1S/C6H16O18P4/c7-1-3(21-25(9,10)11)2(8)5(23-27(15,16)17)6(24-28(18,19)20)4(1)22-26(12,13)14/h1-8H,(H2,9,10,11)(H2,12,13,14)(H2,15,16,17)(H2,18,19,20)/t1-,2-,3?,4-,5+,6?/m1/s1. The van der Waals surface area contributed by atoms with E-state index in [2.05, 4.69) is 18.1 Å². The van der Waals surface area contributed by atoms with Crippen LogP contribution < -0.4 is 0 Å². The first-order valence-electron chi connectivity index (χ1n) is 6.52. The number of phosphoric ester groups is 4. The third-order valence-electron chi connectivity index (χ3n) is 3.03. The summed E-state index contributed by atoms with van der Waals surface area (Å²) < 4.78 is 60.5. The minimum Gasteiger partial charge on any atom is -0.387 e. The van der Waals surface area contributed by atoms with Crippen LogP contribution in [-0.4, -0.2) is 86.0 Å². The van der Waals surface area contributed by atoms with Crippen LogP contribution in [0.1, 0.15) is 0 Å². The number of aliphatic hydroxyl groups excluding tert-OH is 2. The predicted molar refractivity (Wildman–Crippen MR) is 79.7 cm³/mol. The van der Waals surface area contributed by atoms with E-state index < -0.39 is 67.9 Å². The number of hydrogen-bond donors (Lipinski definition) is 10. The molecule has 1 rings (SSSR count). The average Bonchev–Trinajstić information content (AvgIpc) is 2.39. The fraction of sp³-hybridized carbons (Fsp3) is 1.00. The van der Waals surface area contributed by atoms with Gasteiger partial charge in [0.1, 0.15) is 36.6 Å². The fourth-order valence-electron chi connectivity index (χ4n) is 2.28. The highest BCUT2D eigenvalue weighted by Gasteiger charge is 2.58. The van der Waals surface area contributed by atoms with E-state index in [0.29, 0.717) is 0 Å². The molecule has 0 aromatic rings. The van der Waals surface area contributed by atoms with Crippen molar-refractivity contribution in [1.29, 1.82) is 0 Å². The first-order valence-corrected chi connectivity index (χ1v) is 12.6. The van der Waals surface area contributed by atoms with Gasteiger partial charge in [-0.05, 0) is 0 Å². The summed E-state index contributed by atoms with van der Waals surface area (Å²) in [6.45, 7) is 0. The van der Waals surface area contributed by atoms with Crippen LogP contribution in [0, 0.1) is 0 Å². The molecule has 0 radical (unpaired) electrons. The molecule has 1 saturated carbocycles. The highest BCUT2D eigenvalue weighted by atomic mass is 31.2. The summed E-state index contributed by atoms with van der Waals surface area (Å²) in [7, 11) is -22.4. The molecule has 1 fully saturated rings. The molecule has 0 aromatic heterocycles. The normalized spacial score (nSPS) is 33.1. The van der Waals surface area contributed by atoms with Crippen molar-refractivity contribution in [3.05, 3.63) is 0 Å². The molecule has 0 spiro atoms. The van der Waals surface area contributed by atoms with E-state index in [1.807, 2.05) is 0 Å². The molecule has 168 valence electrons. The second-order valence-electron chi connectivity index (χ2n) is 5.22. The van der Waals surface area contributed by atoms with Gasteiger partial charge < -0.3 is 49.4 Å². The average molecular weight is 500 g/mol. The Morgan fingerprint density at radius 3 is 0.893 bits per heavy atom. The van der Waals surface area contributed by atoms with Gasteiger partial charge in [-0.2, -0.15) is 0 Å². The Kier molecular flexibility index (Phi) is 8.34. The Morgan fingerprint density at radius 1 is 0.429 bits per heavy atom. The van der Waals surface area contributed by atoms with Crippen LogP contribution in [0.2, 0.25) is 0 Å². The third kappa shape index (κ3) is 8.62. The number of phosphoric acid groups is 4. The predicted octanol–water partition coefficient (Wildman–Crippen LogP) is -3.37. The SMILES string of the molecule is O=P(O)(O)OC1[C@@H](O)[C@H](OP(=O)(O)O)C(OP(=O)(O)O)[C@H](OP(=O)(O)O)[C@@H]1O. The Labute approximate surface area is 154 Å². The molecular formula is C6H16O18P4. The van der Waals surface area contributed by atoms with Crippen LogP contribution in [0.3, 0.4) is 0 Å². The largest absolute Gasteiger partial charge is 0.470 e. The number of hydrogen-bond acceptors (Lipinski definition) is 10. The first-order chi connectivity index (χ1) is 12.2. The molecule has 2 unspecified atom stereocenters. The maximum Gasteiger partial charge on any atom is 0.470 e. The minimum absolute atomic E-state index is 2.56. The fourth-order valence-corrected chi connectivity index (χ4v) is 4.52. The summed E-state index contributed by atoms with van der Waals surface area (Å²) in [5, 5.41) is 20.1. The van der Waals surface area contributed by atoms with Crippen LogP contribution in [0.5, 0.6) is 0 Å². The molecule has 28 heavy (non-hydrogen) atoms. The van der Waals surface area contributed by atoms with Gasteiger partial charge in [-0.3, -0.25) is 18.1 Å².